The number of amides is 1. The minimum absolute atomic E-state index is 0.125. The molecular weight excluding hydrogens is 351 g/mol. The van der Waals surface area contributed by atoms with E-state index in [0.717, 1.165) is 11.3 Å². The van der Waals surface area contributed by atoms with Crippen LogP contribution in [0.5, 0.6) is 0 Å². The molecule has 3 rings (SSSR count). The molecule has 0 saturated heterocycles. The van der Waals surface area contributed by atoms with Crippen LogP contribution in [0.25, 0.3) is 12.2 Å². The first kappa shape index (κ1) is 17.8. The molecule has 0 unspecified atom stereocenters. The fourth-order valence-corrected chi connectivity index (χ4v) is 2.67. The van der Waals surface area contributed by atoms with Gasteiger partial charge in [-0.15, -0.1) is 0 Å². The number of benzene rings is 2. The third-order valence-corrected chi connectivity index (χ3v) is 4.06. The molecule has 0 saturated carbocycles. The Kier molecular flexibility index (Phi) is 5.77. The second-order valence-corrected chi connectivity index (χ2v) is 6.05. The van der Waals surface area contributed by atoms with Gasteiger partial charge in [0.15, 0.2) is 0 Å². The van der Waals surface area contributed by atoms with Crippen molar-refractivity contribution in [3.8, 4) is 0 Å². The van der Waals surface area contributed by atoms with Crippen molar-refractivity contribution in [2.24, 2.45) is 0 Å². The van der Waals surface area contributed by atoms with Gasteiger partial charge in [-0.05, 0) is 48.0 Å². The number of nitrogens with zero attached hydrogens (tertiary/aromatic N) is 1. The zero-order valence-electron chi connectivity index (χ0n) is 13.8. The topological polar surface area (TPSA) is 42.0 Å². The van der Waals surface area contributed by atoms with E-state index in [0.29, 0.717) is 5.69 Å². The first-order valence-corrected chi connectivity index (χ1v) is 8.41. The van der Waals surface area contributed by atoms with Crippen molar-refractivity contribution in [2.45, 2.75) is 6.42 Å². The molecule has 3 nitrogen and oxygen atoms in total. The lowest BCUT2D eigenvalue weighted by Crippen LogP contribution is -2.15. The highest BCUT2D eigenvalue weighted by Crippen LogP contribution is 2.20. The van der Waals surface area contributed by atoms with Gasteiger partial charge in [-0.25, -0.2) is 4.39 Å². The number of aromatic nitrogens is 1. The molecule has 1 aromatic heterocycles. The second kappa shape index (κ2) is 8.41. The van der Waals surface area contributed by atoms with E-state index in [-0.39, 0.29) is 22.9 Å². The van der Waals surface area contributed by atoms with Gasteiger partial charge < -0.3 is 5.32 Å². The van der Waals surface area contributed by atoms with Crippen molar-refractivity contribution in [3.63, 3.8) is 0 Å². The van der Waals surface area contributed by atoms with Crippen LogP contribution in [-0.2, 0) is 11.2 Å². The molecule has 1 N–H and O–H groups in total. The Hall–Kier alpha value is -2.98. The largest absolute Gasteiger partial charge is 0.326 e. The van der Waals surface area contributed by atoms with Crippen LogP contribution in [0.1, 0.15) is 16.8 Å². The summed E-state index contributed by atoms with van der Waals surface area (Å²) in [7, 11) is 0. The maximum Gasteiger partial charge on any atom is 0.228 e. The Bertz CT molecular complexity index is 922. The summed E-state index contributed by atoms with van der Waals surface area (Å²) in [6.07, 6.45) is 5.40. The van der Waals surface area contributed by atoms with Gasteiger partial charge in [0.1, 0.15) is 5.82 Å². The number of rotatable bonds is 5. The summed E-state index contributed by atoms with van der Waals surface area (Å²) in [6.45, 7) is 0. The SMILES string of the molecule is O=C(Cc1c(F)cccc1Cl)Nc1cccc(C=Cc2ccccn2)c1. The summed E-state index contributed by atoms with van der Waals surface area (Å²) in [5, 5.41) is 3.01. The fourth-order valence-electron chi connectivity index (χ4n) is 2.44. The number of hydrogen-bond acceptors (Lipinski definition) is 2. The summed E-state index contributed by atoms with van der Waals surface area (Å²) in [5.74, 6) is -0.817. The first-order valence-electron chi connectivity index (χ1n) is 8.04. The third-order valence-electron chi connectivity index (χ3n) is 3.70. The monoisotopic (exact) mass is 366 g/mol. The molecule has 26 heavy (non-hydrogen) atoms. The molecule has 0 bridgehead atoms. The van der Waals surface area contributed by atoms with E-state index in [4.69, 9.17) is 11.6 Å². The van der Waals surface area contributed by atoms with Crippen LogP contribution < -0.4 is 5.32 Å². The molecule has 3 aromatic rings. The van der Waals surface area contributed by atoms with Crippen LogP contribution in [-0.4, -0.2) is 10.9 Å². The van der Waals surface area contributed by atoms with E-state index in [9.17, 15) is 9.18 Å². The smallest absolute Gasteiger partial charge is 0.228 e. The van der Waals surface area contributed by atoms with E-state index in [2.05, 4.69) is 10.3 Å². The minimum Gasteiger partial charge on any atom is -0.326 e. The number of anilines is 1. The number of nitrogens with one attached hydrogen (secondary N) is 1. The molecule has 0 spiro atoms. The quantitative estimate of drug-likeness (QED) is 0.672. The molecule has 0 radical (unpaired) electrons. The molecule has 130 valence electrons. The Morgan fingerprint density at radius 3 is 2.69 bits per heavy atom. The molecule has 0 fully saturated rings. The van der Waals surface area contributed by atoms with Gasteiger partial charge in [-0.2, -0.15) is 0 Å². The normalized spacial score (nSPS) is 10.8. The lowest BCUT2D eigenvalue weighted by Gasteiger charge is -2.08. The van der Waals surface area contributed by atoms with Crippen molar-refractivity contribution in [3.05, 3.63) is 94.5 Å². The van der Waals surface area contributed by atoms with Crippen molar-refractivity contribution < 1.29 is 9.18 Å². The Morgan fingerprint density at radius 2 is 1.92 bits per heavy atom. The van der Waals surface area contributed by atoms with Crippen LogP contribution in [0.2, 0.25) is 5.02 Å². The summed E-state index contributed by atoms with van der Waals surface area (Å²) in [6, 6.07) is 17.4. The standard InChI is InChI=1S/C21H16ClFN2O/c22-19-8-4-9-20(23)18(19)14-21(26)25-17-7-3-5-15(13-17)10-11-16-6-1-2-12-24-16/h1-13H,14H2,(H,25,26). The van der Waals surface area contributed by atoms with Crippen LogP contribution in [0, 0.1) is 5.82 Å². The van der Waals surface area contributed by atoms with Crippen LogP contribution in [0.15, 0.2) is 66.9 Å². The summed E-state index contributed by atoms with van der Waals surface area (Å²) < 4.78 is 13.8. The molecule has 0 atom stereocenters. The van der Waals surface area contributed by atoms with Crippen molar-refractivity contribution >= 4 is 35.3 Å². The van der Waals surface area contributed by atoms with Gasteiger partial charge in [-0.3, -0.25) is 9.78 Å². The van der Waals surface area contributed by atoms with Crippen LogP contribution in [0.3, 0.4) is 0 Å². The van der Waals surface area contributed by atoms with E-state index >= 15 is 0 Å². The minimum atomic E-state index is -0.486. The molecule has 2 aromatic carbocycles. The van der Waals surface area contributed by atoms with Gasteiger partial charge in [0, 0.05) is 22.5 Å². The predicted molar refractivity (Wildman–Crippen MR) is 103 cm³/mol. The highest BCUT2D eigenvalue weighted by molar-refractivity contribution is 6.31. The lowest BCUT2D eigenvalue weighted by molar-refractivity contribution is -0.115. The number of carbonyl (C=O) groups is 1. The highest BCUT2D eigenvalue weighted by atomic mass is 35.5. The summed E-state index contributed by atoms with van der Waals surface area (Å²) >= 11 is 5.97. The molecule has 1 heterocycles. The predicted octanol–water partition coefficient (Wildman–Crippen LogP) is 5.23. The lowest BCUT2D eigenvalue weighted by atomic mass is 10.1. The van der Waals surface area contributed by atoms with Gasteiger partial charge in [0.05, 0.1) is 12.1 Å². The van der Waals surface area contributed by atoms with Crippen LogP contribution >= 0.6 is 11.6 Å². The maximum atomic E-state index is 13.8. The molecule has 0 aliphatic carbocycles. The third kappa shape index (κ3) is 4.77. The van der Waals surface area contributed by atoms with Gasteiger partial charge >= 0.3 is 0 Å². The number of pyridine rings is 1. The molecule has 0 aliphatic heterocycles. The molecular formula is C21H16ClFN2O. The maximum absolute atomic E-state index is 13.8. The fraction of sp³-hybridized carbons (Fsp3) is 0.0476. The van der Waals surface area contributed by atoms with E-state index in [1.54, 1.807) is 18.3 Å². The summed E-state index contributed by atoms with van der Waals surface area (Å²) in [5.41, 5.74) is 2.58. The van der Waals surface area contributed by atoms with Gasteiger partial charge in [0.2, 0.25) is 5.91 Å². The zero-order valence-corrected chi connectivity index (χ0v) is 14.6. The second-order valence-electron chi connectivity index (χ2n) is 5.64. The first-order chi connectivity index (χ1) is 12.6. The number of hydrogen-bond donors (Lipinski definition) is 1. The Balaban J connectivity index is 1.68. The van der Waals surface area contributed by atoms with Gasteiger partial charge in [-0.1, -0.05) is 41.9 Å². The number of carbonyl (C=O) groups excluding carboxylic acids is 1. The van der Waals surface area contributed by atoms with Crippen LogP contribution in [0.4, 0.5) is 10.1 Å². The average Bonchev–Trinajstić information content (AvgIpc) is 2.64. The highest BCUT2D eigenvalue weighted by Gasteiger charge is 2.12. The van der Waals surface area contributed by atoms with Gasteiger partial charge in [0.25, 0.3) is 0 Å². The number of halogens is 2. The Labute approximate surface area is 156 Å². The van der Waals surface area contributed by atoms with E-state index in [1.165, 1.54) is 12.1 Å². The zero-order chi connectivity index (χ0) is 18.4. The molecule has 5 heteroatoms. The average molecular weight is 367 g/mol. The van der Waals surface area contributed by atoms with Crippen molar-refractivity contribution in [1.82, 2.24) is 4.98 Å². The van der Waals surface area contributed by atoms with Crippen molar-refractivity contribution in [1.29, 1.82) is 0 Å². The summed E-state index contributed by atoms with van der Waals surface area (Å²) in [4.78, 5) is 16.4. The molecule has 0 aliphatic rings. The van der Waals surface area contributed by atoms with Crippen molar-refractivity contribution in [2.75, 3.05) is 5.32 Å². The molecule has 1 amide bonds. The Morgan fingerprint density at radius 1 is 1.08 bits per heavy atom. The van der Waals surface area contributed by atoms with E-state index in [1.807, 2.05) is 48.6 Å². The van der Waals surface area contributed by atoms with E-state index < -0.39 is 5.82 Å².